The number of carbonyl (C=O) groups is 1. The minimum Gasteiger partial charge on any atom is -0.349 e. The summed E-state index contributed by atoms with van der Waals surface area (Å²) < 4.78 is 13.5. The van der Waals surface area contributed by atoms with Gasteiger partial charge in [-0.25, -0.2) is 4.39 Å². The molecule has 1 aliphatic carbocycles. The van der Waals surface area contributed by atoms with Crippen LogP contribution in [-0.4, -0.2) is 19.0 Å². The molecule has 4 heteroatoms. The summed E-state index contributed by atoms with van der Waals surface area (Å²) in [4.78, 5) is 11.8. The highest BCUT2D eigenvalue weighted by atomic mass is 19.1. The molecule has 0 spiro atoms. The van der Waals surface area contributed by atoms with Gasteiger partial charge in [-0.3, -0.25) is 4.79 Å². The van der Waals surface area contributed by atoms with E-state index in [1.54, 1.807) is 6.07 Å². The Morgan fingerprint density at radius 2 is 2.24 bits per heavy atom. The first-order valence-corrected chi connectivity index (χ1v) is 6.04. The van der Waals surface area contributed by atoms with Crippen molar-refractivity contribution < 1.29 is 9.18 Å². The molecule has 1 unspecified atom stereocenters. The van der Waals surface area contributed by atoms with Gasteiger partial charge in [-0.1, -0.05) is 12.1 Å². The maximum Gasteiger partial charge on any atom is 0.226 e. The first-order chi connectivity index (χ1) is 8.25. The van der Waals surface area contributed by atoms with Crippen molar-refractivity contribution in [3.63, 3.8) is 0 Å². The van der Waals surface area contributed by atoms with Crippen molar-refractivity contribution >= 4 is 5.91 Å². The van der Waals surface area contributed by atoms with E-state index in [4.69, 9.17) is 0 Å². The number of hydrogen-bond acceptors (Lipinski definition) is 2. The third-order valence-corrected chi connectivity index (χ3v) is 3.68. The second-order valence-corrected chi connectivity index (χ2v) is 4.76. The molecule has 1 aromatic carbocycles. The normalized spacial score (nSPS) is 23.0. The molecule has 1 fully saturated rings. The van der Waals surface area contributed by atoms with Gasteiger partial charge in [-0.05, 0) is 30.0 Å². The third-order valence-electron chi connectivity index (χ3n) is 3.68. The van der Waals surface area contributed by atoms with Gasteiger partial charge >= 0.3 is 0 Å². The Morgan fingerprint density at radius 1 is 1.41 bits per heavy atom. The maximum atomic E-state index is 13.5. The number of carbonyl (C=O) groups excluding carboxylic acids is 1. The van der Waals surface area contributed by atoms with Crippen LogP contribution in [0.3, 0.4) is 0 Å². The largest absolute Gasteiger partial charge is 0.349 e. The standard InChI is InChI=1S/C13H15FN2O/c14-11-3-1-2-10-9(11)4-5-12(10)16-13(17)8-6-15-7-8/h1-3,8,12,15H,4-7H2,(H,16,17). The molecular formula is C13H15FN2O. The fourth-order valence-corrected chi connectivity index (χ4v) is 2.52. The predicted octanol–water partition coefficient (Wildman–Crippen LogP) is 1.15. The van der Waals surface area contributed by atoms with E-state index < -0.39 is 0 Å². The summed E-state index contributed by atoms with van der Waals surface area (Å²) in [7, 11) is 0. The zero-order valence-electron chi connectivity index (χ0n) is 9.50. The van der Waals surface area contributed by atoms with Crippen molar-refractivity contribution in [3.8, 4) is 0 Å². The van der Waals surface area contributed by atoms with E-state index in [0.717, 1.165) is 37.1 Å². The lowest BCUT2D eigenvalue weighted by Gasteiger charge is -2.27. The van der Waals surface area contributed by atoms with Crippen LogP contribution in [0.2, 0.25) is 0 Å². The molecule has 1 saturated heterocycles. The molecule has 0 saturated carbocycles. The molecular weight excluding hydrogens is 219 g/mol. The average molecular weight is 234 g/mol. The van der Waals surface area contributed by atoms with E-state index in [1.807, 2.05) is 6.07 Å². The number of halogens is 1. The topological polar surface area (TPSA) is 41.1 Å². The van der Waals surface area contributed by atoms with Gasteiger partial charge in [0.15, 0.2) is 0 Å². The number of rotatable bonds is 2. The highest BCUT2D eigenvalue weighted by molar-refractivity contribution is 5.80. The van der Waals surface area contributed by atoms with Crippen LogP contribution in [0.4, 0.5) is 4.39 Å². The molecule has 1 aromatic rings. The van der Waals surface area contributed by atoms with Gasteiger partial charge in [-0.15, -0.1) is 0 Å². The molecule has 17 heavy (non-hydrogen) atoms. The summed E-state index contributed by atoms with van der Waals surface area (Å²) in [5.41, 5.74) is 1.72. The number of benzene rings is 1. The maximum absolute atomic E-state index is 13.5. The lowest BCUT2D eigenvalue weighted by Crippen LogP contribution is -2.51. The minimum absolute atomic E-state index is 0.00574. The third kappa shape index (κ3) is 1.82. The van der Waals surface area contributed by atoms with E-state index in [2.05, 4.69) is 10.6 Å². The summed E-state index contributed by atoms with van der Waals surface area (Å²) in [5.74, 6) is 0.0306. The molecule has 3 nitrogen and oxygen atoms in total. The van der Waals surface area contributed by atoms with Crippen LogP contribution >= 0.6 is 0 Å². The fraction of sp³-hybridized carbons (Fsp3) is 0.462. The molecule has 90 valence electrons. The minimum atomic E-state index is -0.149. The Morgan fingerprint density at radius 3 is 2.94 bits per heavy atom. The Hall–Kier alpha value is -1.42. The van der Waals surface area contributed by atoms with E-state index in [9.17, 15) is 9.18 Å². The van der Waals surface area contributed by atoms with Crippen LogP contribution in [0.1, 0.15) is 23.6 Å². The Labute approximate surface area is 99.4 Å². The van der Waals surface area contributed by atoms with Crippen LogP contribution in [0.5, 0.6) is 0 Å². The molecule has 0 bridgehead atoms. The highest BCUT2D eigenvalue weighted by Crippen LogP contribution is 2.32. The number of amides is 1. The molecule has 0 radical (unpaired) electrons. The van der Waals surface area contributed by atoms with Gasteiger partial charge in [0.1, 0.15) is 5.82 Å². The van der Waals surface area contributed by atoms with Gasteiger partial charge < -0.3 is 10.6 Å². The van der Waals surface area contributed by atoms with Crippen LogP contribution in [0, 0.1) is 11.7 Å². The monoisotopic (exact) mass is 234 g/mol. The molecule has 0 aromatic heterocycles. The summed E-state index contributed by atoms with van der Waals surface area (Å²) in [6, 6.07) is 5.10. The van der Waals surface area contributed by atoms with Crippen molar-refractivity contribution in [2.75, 3.05) is 13.1 Å². The quantitative estimate of drug-likeness (QED) is 0.806. The summed E-state index contributed by atoms with van der Waals surface area (Å²) in [5, 5.41) is 6.09. The van der Waals surface area contributed by atoms with E-state index in [-0.39, 0.29) is 23.7 Å². The zero-order valence-corrected chi connectivity index (χ0v) is 9.50. The molecule has 3 rings (SSSR count). The van der Waals surface area contributed by atoms with E-state index >= 15 is 0 Å². The number of fused-ring (bicyclic) bond motifs is 1. The van der Waals surface area contributed by atoms with Crippen LogP contribution in [0.15, 0.2) is 18.2 Å². The Kier molecular flexibility index (Phi) is 2.59. The Bertz CT molecular complexity index is 457. The van der Waals surface area contributed by atoms with Crippen molar-refractivity contribution in [2.24, 2.45) is 5.92 Å². The molecule has 1 atom stereocenters. The van der Waals surface area contributed by atoms with Gasteiger partial charge in [0.25, 0.3) is 0 Å². The molecule has 1 aliphatic heterocycles. The van der Waals surface area contributed by atoms with E-state index in [0.29, 0.717) is 0 Å². The molecule has 2 aliphatic rings. The summed E-state index contributed by atoms with van der Waals surface area (Å²) in [6.45, 7) is 1.52. The first kappa shape index (κ1) is 10.7. The summed E-state index contributed by atoms with van der Waals surface area (Å²) in [6.07, 6.45) is 1.53. The van der Waals surface area contributed by atoms with Gasteiger partial charge in [0.05, 0.1) is 12.0 Å². The molecule has 1 amide bonds. The van der Waals surface area contributed by atoms with Crippen molar-refractivity contribution in [1.29, 1.82) is 0 Å². The number of hydrogen-bond donors (Lipinski definition) is 2. The van der Waals surface area contributed by atoms with Gasteiger partial charge in [0, 0.05) is 13.1 Å². The van der Waals surface area contributed by atoms with Gasteiger partial charge in [-0.2, -0.15) is 0 Å². The second kappa shape index (κ2) is 4.11. The lowest BCUT2D eigenvalue weighted by molar-refractivity contribution is -0.127. The first-order valence-electron chi connectivity index (χ1n) is 6.04. The second-order valence-electron chi connectivity index (χ2n) is 4.76. The van der Waals surface area contributed by atoms with Crippen LogP contribution < -0.4 is 10.6 Å². The molecule has 1 heterocycles. The summed E-state index contributed by atoms with van der Waals surface area (Å²) >= 11 is 0. The van der Waals surface area contributed by atoms with Gasteiger partial charge in [0.2, 0.25) is 5.91 Å². The van der Waals surface area contributed by atoms with Crippen LogP contribution in [-0.2, 0) is 11.2 Å². The van der Waals surface area contributed by atoms with Crippen molar-refractivity contribution in [3.05, 3.63) is 35.1 Å². The Balaban J connectivity index is 1.75. The number of nitrogens with one attached hydrogen (secondary N) is 2. The smallest absolute Gasteiger partial charge is 0.226 e. The zero-order chi connectivity index (χ0) is 11.8. The molecule has 2 N–H and O–H groups in total. The fourth-order valence-electron chi connectivity index (χ4n) is 2.52. The predicted molar refractivity (Wildman–Crippen MR) is 62.0 cm³/mol. The SMILES string of the molecule is O=C(NC1CCc2c(F)cccc21)C1CNC1. The van der Waals surface area contributed by atoms with Crippen molar-refractivity contribution in [2.45, 2.75) is 18.9 Å². The van der Waals surface area contributed by atoms with E-state index in [1.165, 1.54) is 6.07 Å². The highest BCUT2D eigenvalue weighted by Gasteiger charge is 2.30. The lowest BCUT2D eigenvalue weighted by atomic mass is 10.0. The van der Waals surface area contributed by atoms with Crippen molar-refractivity contribution in [1.82, 2.24) is 10.6 Å². The van der Waals surface area contributed by atoms with Crippen LogP contribution in [0.25, 0.3) is 0 Å². The average Bonchev–Trinajstić information content (AvgIpc) is 2.60.